The van der Waals surface area contributed by atoms with E-state index in [9.17, 15) is 4.79 Å². The third-order valence-corrected chi connectivity index (χ3v) is 3.58. The Bertz CT molecular complexity index is 819. The molecule has 0 saturated carbocycles. The molecule has 26 heavy (non-hydrogen) atoms. The van der Waals surface area contributed by atoms with E-state index in [4.69, 9.17) is 29.5 Å². The maximum atomic E-state index is 12.3. The van der Waals surface area contributed by atoms with Gasteiger partial charge in [0.25, 0.3) is 0 Å². The quantitative estimate of drug-likeness (QED) is 0.316. The van der Waals surface area contributed by atoms with Crippen molar-refractivity contribution in [3.05, 3.63) is 47.5 Å². The summed E-state index contributed by atoms with van der Waals surface area (Å²) in [5.74, 6) is 1.41. The van der Waals surface area contributed by atoms with Crippen LogP contribution in [-0.2, 0) is 4.84 Å². The second kappa shape index (κ2) is 8.61. The Kier molecular flexibility index (Phi) is 6.26. The summed E-state index contributed by atoms with van der Waals surface area (Å²) in [5, 5.41) is 2.43. The molecule has 8 nitrogen and oxygen atoms in total. The first-order valence-electron chi connectivity index (χ1n) is 7.58. The number of carbonyl (C=O) groups is 1. The van der Waals surface area contributed by atoms with E-state index in [2.05, 4.69) is 5.16 Å². The van der Waals surface area contributed by atoms with Crippen LogP contribution >= 0.6 is 0 Å². The van der Waals surface area contributed by atoms with Crippen LogP contribution in [0.5, 0.6) is 23.0 Å². The van der Waals surface area contributed by atoms with E-state index in [1.165, 1.54) is 34.5 Å². The minimum atomic E-state index is -0.659. The van der Waals surface area contributed by atoms with Gasteiger partial charge < -0.3 is 18.9 Å². The molecule has 0 aliphatic heterocycles. The summed E-state index contributed by atoms with van der Waals surface area (Å²) in [7, 11) is 6.02. The molecule has 0 saturated heterocycles. The van der Waals surface area contributed by atoms with Crippen molar-refractivity contribution in [2.75, 3.05) is 28.4 Å². The predicted molar refractivity (Wildman–Crippen MR) is 93.8 cm³/mol. The third kappa shape index (κ3) is 4.15. The van der Waals surface area contributed by atoms with Crippen molar-refractivity contribution in [3.63, 3.8) is 0 Å². The highest BCUT2D eigenvalue weighted by atomic mass is 16.7. The number of nitrogen functional groups attached to an aromatic ring is 1. The smallest absolute Gasteiger partial charge is 0.391 e. The molecule has 0 bridgehead atoms. The van der Waals surface area contributed by atoms with Gasteiger partial charge in [0.05, 0.1) is 34.0 Å². The highest BCUT2D eigenvalue weighted by Crippen LogP contribution is 2.27. The molecular formula is C18H21N2O6+. The zero-order valence-corrected chi connectivity index (χ0v) is 15.0. The summed E-state index contributed by atoms with van der Waals surface area (Å²) in [5.41, 5.74) is 6.72. The fraction of sp³-hybridized carbons (Fsp3) is 0.222. The third-order valence-electron chi connectivity index (χ3n) is 3.58. The maximum absolute atomic E-state index is 12.3. The second-order valence-corrected chi connectivity index (χ2v) is 5.04. The van der Waals surface area contributed by atoms with Gasteiger partial charge in [0.2, 0.25) is 0 Å². The van der Waals surface area contributed by atoms with Gasteiger partial charge in [0.15, 0.2) is 11.5 Å². The van der Waals surface area contributed by atoms with Gasteiger partial charge in [0.1, 0.15) is 17.1 Å². The molecule has 0 aliphatic rings. The Hall–Kier alpha value is -3.42. The Morgan fingerprint density at radius 1 is 0.846 bits per heavy atom. The van der Waals surface area contributed by atoms with E-state index >= 15 is 0 Å². The van der Waals surface area contributed by atoms with Crippen LogP contribution in [0.1, 0.15) is 15.9 Å². The minimum Gasteiger partial charge on any atom is -0.497 e. The van der Waals surface area contributed by atoms with Gasteiger partial charge in [-0.05, 0) is 30.3 Å². The number of carbonyl (C=O) groups excluding carboxylic acids is 1. The second-order valence-electron chi connectivity index (χ2n) is 5.04. The summed E-state index contributed by atoms with van der Waals surface area (Å²) >= 11 is 0. The number of benzene rings is 2. The van der Waals surface area contributed by atoms with Gasteiger partial charge in [-0.2, -0.15) is 0 Å². The first-order chi connectivity index (χ1) is 12.5. The average molecular weight is 361 g/mol. The molecular weight excluding hydrogens is 340 g/mol. The number of rotatable bonds is 7. The van der Waals surface area contributed by atoms with Crippen LogP contribution < -0.4 is 29.8 Å². The zero-order valence-electron chi connectivity index (χ0n) is 15.0. The lowest BCUT2D eigenvalue weighted by Crippen LogP contribution is -2.75. The molecule has 0 unspecified atom stereocenters. The normalized spacial score (nSPS) is 10.8. The van der Waals surface area contributed by atoms with Crippen LogP contribution in [0.25, 0.3) is 0 Å². The zero-order chi connectivity index (χ0) is 19.1. The number of hydrogen-bond acceptors (Lipinski definition) is 6. The predicted octanol–water partition coefficient (Wildman–Crippen LogP) is 0.279. The van der Waals surface area contributed by atoms with E-state index in [-0.39, 0.29) is 11.4 Å². The summed E-state index contributed by atoms with van der Waals surface area (Å²) < 4.78 is 20.7. The Labute approximate surface area is 151 Å². The molecule has 2 aromatic carbocycles. The molecule has 8 heteroatoms. The highest BCUT2D eigenvalue weighted by Gasteiger charge is 2.17. The van der Waals surface area contributed by atoms with Crippen molar-refractivity contribution in [1.29, 1.82) is 0 Å². The Morgan fingerprint density at radius 2 is 1.54 bits per heavy atom. The van der Waals surface area contributed by atoms with Gasteiger partial charge >= 0.3 is 11.8 Å². The number of ether oxygens (including phenoxy) is 4. The molecule has 0 radical (unpaired) electrons. The molecule has 0 aromatic heterocycles. The number of methoxy groups -OCH3 is 4. The van der Waals surface area contributed by atoms with E-state index in [1.54, 1.807) is 30.3 Å². The van der Waals surface area contributed by atoms with E-state index in [0.29, 0.717) is 28.6 Å². The molecule has 0 amide bonds. The average Bonchev–Trinajstić information content (AvgIpc) is 2.70. The van der Waals surface area contributed by atoms with Crippen LogP contribution in [-0.4, -0.2) is 40.2 Å². The van der Waals surface area contributed by atoms with Crippen LogP contribution in [0, 0.1) is 0 Å². The number of nitrogens with one attached hydrogen (secondary N) is 1. The molecule has 2 rings (SSSR count). The largest absolute Gasteiger partial charge is 0.497 e. The van der Waals surface area contributed by atoms with Crippen molar-refractivity contribution in [2.45, 2.75) is 0 Å². The first-order valence-corrected chi connectivity index (χ1v) is 7.58. The Morgan fingerprint density at radius 3 is 2.15 bits per heavy atom. The molecule has 138 valence electrons. The van der Waals surface area contributed by atoms with Crippen LogP contribution in [0.15, 0.2) is 36.4 Å². The fourth-order valence-corrected chi connectivity index (χ4v) is 2.19. The SMILES string of the molecule is COc1ccc(C(=O)O[NH+]=C(N)c2ccc(OC)c(OC)c2)c(OC)c1. The van der Waals surface area contributed by atoms with E-state index < -0.39 is 5.97 Å². The van der Waals surface area contributed by atoms with Crippen molar-refractivity contribution in [1.82, 2.24) is 0 Å². The fourth-order valence-electron chi connectivity index (χ4n) is 2.19. The molecule has 3 N–H and O–H groups in total. The summed E-state index contributed by atoms with van der Waals surface area (Å²) in [6.45, 7) is 0. The van der Waals surface area contributed by atoms with Crippen LogP contribution in [0.4, 0.5) is 0 Å². The first kappa shape index (κ1) is 18.9. The molecule has 2 aromatic rings. The standard InChI is InChI=1S/C18H20N2O6/c1-22-12-6-7-13(15(10-12)24-3)18(21)26-20-17(19)11-5-8-14(23-2)16(9-11)25-4/h5-10H,1-4H3,(H2,19,20)/p+1. The summed E-state index contributed by atoms with van der Waals surface area (Å²) in [6.07, 6.45) is 0. The highest BCUT2D eigenvalue weighted by molar-refractivity contribution is 5.95. The topological polar surface area (TPSA) is 103 Å². The number of nitrogens with two attached hydrogens (primary N) is 1. The van der Waals surface area contributed by atoms with Crippen molar-refractivity contribution < 1.29 is 33.7 Å². The lowest BCUT2D eigenvalue weighted by Gasteiger charge is -2.08. The van der Waals surface area contributed by atoms with Crippen molar-refractivity contribution >= 4 is 11.8 Å². The van der Waals surface area contributed by atoms with Gasteiger partial charge in [0, 0.05) is 6.07 Å². The minimum absolute atomic E-state index is 0.131. The lowest BCUT2D eigenvalue weighted by atomic mass is 10.2. The molecule has 0 aliphatic carbocycles. The number of amidine groups is 1. The lowest BCUT2D eigenvalue weighted by molar-refractivity contribution is -0.721. The summed E-state index contributed by atoms with van der Waals surface area (Å²) in [6, 6.07) is 9.79. The summed E-state index contributed by atoms with van der Waals surface area (Å²) in [4.78, 5) is 17.3. The monoisotopic (exact) mass is 361 g/mol. The van der Waals surface area contributed by atoms with E-state index in [0.717, 1.165) is 0 Å². The van der Waals surface area contributed by atoms with Gasteiger partial charge in [-0.15, -0.1) is 0 Å². The molecule has 0 atom stereocenters. The van der Waals surface area contributed by atoms with Gasteiger partial charge in [-0.3, -0.25) is 10.6 Å². The van der Waals surface area contributed by atoms with Crippen LogP contribution in [0.3, 0.4) is 0 Å². The van der Waals surface area contributed by atoms with Gasteiger partial charge in [-0.1, -0.05) is 5.16 Å². The van der Waals surface area contributed by atoms with Crippen molar-refractivity contribution in [2.24, 2.45) is 5.73 Å². The molecule has 0 spiro atoms. The van der Waals surface area contributed by atoms with Gasteiger partial charge in [-0.25, -0.2) is 4.79 Å². The van der Waals surface area contributed by atoms with Crippen molar-refractivity contribution in [3.8, 4) is 23.0 Å². The molecule has 0 heterocycles. The van der Waals surface area contributed by atoms with E-state index in [1.807, 2.05) is 0 Å². The number of hydrogen-bond donors (Lipinski definition) is 2. The Balaban J connectivity index is 2.19. The maximum Gasteiger partial charge on any atom is 0.391 e. The molecule has 0 fully saturated rings. The van der Waals surface area contributed by atoms with Crippen LogP contribution in [0.2, 0.25) is 0 Å².